The molecule has 13 heteroatoms. The van der Waals surface area contributed by atoms with Crippen molar-refractivity contribution in [3.05, 3.63) is 75.7 Å². The number of hydrogen-bond donors (Lipinski definition) is 0. The molecule has 0 bridgehead atoms. The zero-order valence-corrected chi connectivity index (χ0v) is 24.2. The second-order valence-electron chi connectivity index (χ2n) is 10.4. The molecule has 3 aliphatic heterocycles. The van der Waals surface area contributed by atoms with Gasteiger partial charge in [-0.3, -0.25) is 19.4 Å². The Balaban J connectivity index is 1.66. The number of hydrogen-bond acceptors (Lipinski definition) is 5. The van der Waals surface area contributed by atoms with Crippen molar-refractivity contribution in [1.29, 1.82) is 0 Å². The van der Waals surface area contributed by atoms with E-state index in [-0.39, 0.29) is 45.3 Å². The lowest BCUT2D eigenvalue weighted by atomic mass is 9.98. The van der Waals surface area contributed by atoms with Crippen LogP contribution in [0.15, 0.2) is 53.3 Å². The van der Waals surface area contributed by atoms with E-state index in [2.05, 4.69) is 0 Å². The lowest BCUT2D eigenvalue weighted by molar-refractivity contribution is -0.152. The Kier molecular flexibility index (Phi) is 7.86. The molecule has 2 saturated heterocycles. The molecule has 214 valence electrons. The molecule has 3 heterocycles. The first-order valence-corrected chi connectivity index (χ1v) is 15.1. The number of amides is 2. The lowest BCUT2D eigenvalue weighted by Gasteiger charge is -2.50. The highest BCUT2D eigenvalue weighted by Gasteiger charge is 2.51. The number of rotatable bonds is 6. The maximum atomic E-state index is 14.2. The van der Waals surface area contributed by atoms with Crippen molar-refractivity contribution in [3.8, 4) is 0 Å². The van der Waals surface area contributed by atoms with E-state index < -0.39 is 45.6 Å². The minimum absolute atomic E-state index is 0.00709. The molecule has 2 fully saturated rings. The van der Waals surface area contributed by atoms with E-state index in [1.54, 1.807) is 13.8 Å². The third-order valence-corrected chi connectivity index (χ3v) is 9.97. The second-order valence-corrected chi connectivity index (χ2v) is 13.0. The van der Waals surface area contributed by atoms with Gasteiger partial charge in [0, 0.05) is 23.7 Å². The molecule has 0 aliphatic carbocycles. The lowest BCUT2D eigenvalue weighted by Crippen LogP contribution is -2.67. The second kappa shape index (κ2) is 10.9. The SMILES string of the molecule is CC(C)N1C=C2N(C(=O)C(N3CCCC3)CN2S(=O)(=O)c2ccc(Cl)cc2Cl)C(Cc2ccc(F)c(F)c2)C1=O. The van der Waals surface area contributed by atoms with Crippen LogP contribution >= 0.6 is 23.2 Å². The van der Waals surface area contributed by atoms with Crippen molar-refractivity contribution in [1.82, 2.24) is 19.0 Å². The van der Waals surface area contributed by atoms with Crippen LogP contribution in [-0.4, -0.2) is 77.0 Å². The molecule has 0 N–H and O–H groups in total. The summed E-state index contributed by atoms with van der Waals surface area (Å²) in [6, 6.07) is 4.90. The first-order valence-electron chi connectivity index (χ1n) is 12.9. The molecule has 3 aliphatic rings. The summed E-state index contributed by atoms with van der Waals surface area (Å²) in [6.45, 7) is 4.52. The van der Waals surface area contributed by atoms with Crippen LogP contribution in [0.1, 0.15) is 32.3 Å². The van der Waals surface area contributed by atoms with Gasteiger partial charge in [0.1, 0.15) is 22.8 Å². The number of likely N-dealkylation sites (tertiary alicyclic amines) is 1. The first kappa shape index (κ1) is 28.8. The molecule has 2 atom stereocenters. The zero-order valence-electron chi connectivity index (χ0n) is 21.9. The summed E-state index contributed by atoms with van der Waals surface area (Å²) in [7, 11) is -4.33. The Morgan fingerprint density at radius 2 is 1.68 bits per heavy atom. The molecule has 40 heavy (non-hydrogen) atoms. The summed E-state index contributed by atoms with van der Waals surface area (Å²) in [5.74, 6) is -3.01. The summed E-state index contributed by atoms with van der Waals surface area (Å²) < 4.78 is 57.2. The maximum Gasteiger partial charge on any atom is 0.267 e. The van der Waals surface area contributed by atoms with Gasteiger partial charge in [0.15, 0.2) is 11.6 Å². The number of halogens is 4. The largest absolute Gasteiger partial charge is 0.311 e. The average Bonchev–Trinajstić information content (AvgIpc) is 3.42. The van der Waals surface area contributed by atoms with Gasteiger partial charge < -0.3 is 4.90 Å². The Labute approximate surface area is 241 Å². The fraction of sp³-hybridized carbons (Fsp3) is 0.407. The number of fused-ring (bicyclic) bond motifs is 1. The smallest absolute Gasteiger partial charge is 0.267 e. The normalized spacial score (nSPS) is 22.3. The Bertz CT molecular complexity index is 1500. The fourth-order valence-electron chi connectivity index (χ4n) is 5.45. The van der Waals surface area contributed by atoms with Crippen LogP contribution in [-0.2, 0) is 26.0 Å². The van der Waals surface area contributed by atoms with Crippen LogP contribution in [0.5, 0.6) is 0 Å². The van der Waals surface area contributed by atoms with E-state index in [1.165, 1.54) is 40.3 Å². The van der Waals surface area contributed by atoms with E-state index in [0.717, 1.165) is 29.3 Å². The number of carbonyl (C=O) groups is 2. The van der Waals surface area contributed by atoms with Gasteiger partial charge in [-0.2, -0.15) is 0 Å². The van der Waals surface area contributed by atoms with Gasteiger partial charge in [0.05, 0.1) is 11.6 Å². The molecule has 0 radical (unpaired) electrons. The van der Waals surface area contributed by atoms with Crippen LogP contribution in [0.3, 0.4) is 0 Å². The predicted octanol–water partition coefficient (Wildman–Crippen LogP) is 4.23. The van der Waals surface area contributed by atoms with Gasteiger partial charge in [-0.25, -0.2) is 21.5 Å². The van der Waals surface area contributed by atoms with Crippen molar-refractivity contribution in [2.45, 2.75) is 56.1 Å². The van der Waals surface area contributed by atoms with Gasteiger partial charge in [-0.15, -0.1) is 0 Å². The number of nitrogens with zero attached hydrogens (tertiary/aromatic N) is 4. The monoisotopic (exact) mass is 612 g/mol. The third kappa shape index (κ3) is 5.08. The van der Waals surface area contributed by atoms with Crippen LogP contribution in [0.2, 0.25) is 10.0 Å². The fourth-order valence-corrected chi connectivity index (χ4v) is 7.66. The van der Waals surface area contributed by atoms with Crippen molar-refractivity contribution in [3.63, 3.8) is 0 Å². The van der Waals surface area contributed by atoms with Crippen LogP contribution < -0.4 is 0 Å². The molecule has 2 aromatic carbocycles. The van der Waals surface area contributed by atoms with Gasteiger partial charge in [-0.05, 0) is 75.7 Å². The van der Waals surface area contributed by atoms with Crippen LogP contribution in [0.4, 0.5) is 8.78 Å². The Hall–Kier alpha value is -2.73. The minimum Gasteiger partial charge on any atom is -0.311 e. The van der Waals surface area contributed by atoms with Gasteiger partial charge in [0.25, 0.3) is 10.0 Å². The van der Waals surface area contributed by atoms with Crippen molar-refractivity contribution < 1.29 is 26.8 Å². The molecule has 5 rings (SSSR count). The van der Waals surface area contributed by atoms with Crippen molar-refractivity contribution in [2.24, 2.45) is 0 Å². The van der Waals surface area contributed by atoms with E-state index >= 15 is 0 Å². The number of benzene rings is 2. The molecular formula is C27H28Cl2F2N4O4S. The Morgan fingerprint density at radius 3 is 2.30 bits per heavy atom. The molecule has 0 aromatic heterocycles. The molecule has 0 saturated carbocycles. The van der Waals surface area contributed by atoms with Gasteiger partial charge >= 0.3 is 0 Å². The van der Waals surface area contributed by atoms with Gasteiger partial charge in [0.2, 0.25) is 11.8 Å². The standard InChI is InChI=1S/C27H28Cl2F2N4O4S/c1-16(2)33-15-25-34(40(38,39)24-8-6-18(28)13-19(24)29)14-23(32-9-3-4-10-32)27(37)35(25)22(26(33)36)12-17-5-7-20(30)21(31)11-17/h5-8,11,13,15-16,22-23H,3-4,9-10,12,14H2,1-2H3. The van der Waals surface area contributed by atoms with E-state index in [9.17, 15) is 26.8 Å². The van der Waals surface area contributed by atoms with Crippen LogP contribution in [0, 0.1) is 11.6 Å². The third-order valence-electron chi connectivity index (χ3n) is 7.48. The predicted molar refractivity (Wildman–Crippen MR) is 146 cm³/mol. The first-order chi connectivity index (χ1) is 18.9. The zero-order chi connectivity index (χ0) is 28.9. The van der Waals surface area contributed by atoms with Gasteiger partial charge in [-0.1, -0.05) is 29.3 Å². The summed E-state index contributed by atoms with van der Waals surface area (Å²) in [5.41, 5.74) is 0.286. The quantitative estimate of drug-likeness (QED) is 0.488. The molecule has 8 nitrogen and oxygen atoms in total. The van der Waals surface area contributed by atoms with Crippen molar-refractivity contribution in [2.75, 3.05) is 19.6 Å². The summed E-state index contributed by atoms with van der Waals surface area (Å²) in [4.78, 5) is 32.1. The topological polar surface area (TPSA) is 81.2 Å². The number of carbonyl (C=O) groups excluding carboxylic acids is 2. The van der Waals surface area contributed by atoms with E-state index in [0.29, 0.717) is 13.1 Å². The summed E-state index contributed by atoms with van der Waals surface area (Å²) >= 11 is 12.4. The summed E-state index contributed by atoms with van der Waals surface area (Å²) in [6.07, 6.45) is 2.92. The van der Waals surface area contributed by atoms with Crippen LogP contribution in [0.25, 0.3) is 0 Å². The molecule has 2 unspecified atom stereocenters. The average molecular weight is 614 g/mol. The maximum absolute atomic E-state index is 14.2. The molecule has 0 spiro atoms. The highest BCUT2D eigenvalue weighted by atomic mass is 35.5. The molecule has 2 amide bonds. The minimum atomic E-state index is -4.33. The highest BCUT2D eigenvalue weighted by Crippen LogP contribution is 2.38. The number of sulfonamides is 1. The highest BCUT2D eigenvalue weighted by molar-refractivity contribution is 7.89. The summed E-state index contributed by atoms with van der Waals surface area (Å²) in [5, 5.41) is 0.176. The molecule has 2 aromatic rings. The van der Waals surface area contributed by atoms with E-state index in [1.807, 2.05) is 4.90 Å². The van der Waals surface area contributed by atoms with E-state index in [4.69, 9.17) is 23.2 Å². The Morgan fingerprint density at radius 1 is 0.975 bits per heavy atom. The van der Waals surface area contributed by atoms with Crippen molar-refractivity contribution >= 4 is 45.0 Å². The molecular weight excluding hydrogens is 585 g/mol.